The molecule has 2 atom stereocenters. The third-order valence-electron chi connectivity index (χ3n) is 4.76. The molecule has 6 nitrogen and oxygen atoms in total. The van der Waals surface area contributed by atoms with Crippen molar-refractivity contribution < 1.29 is 9.53 Å². The minimum atomic E-state index is 0.0521. The average Bonchev–Trinajstić information content (AvgIpc) is 3.09. The molecule has 7 heteroatoms. The van der Waals surface area contributed by atoms with Crippen LogP contribution in [0.3, 0.4) is 0 Å². The molecule has 2 aromatic rings. The molecule has 0 spiro atoms. The first-order valence-electron chi connectivity index (χ1n) is 9.13. The Bertz CT molecular complexity index is 734. The van der Waals surface area contributed by atoms with Gasteiger partial charge in [0, 0.05) is 6.04 Å². The summed E-state index contributed by atoms with van der Waals surface area (Å²) in [5.74, 6) is 2.43. The smallest absolute Gasteiger partial charge is 0.230 e. The Labute approximate surface area is 158 Å². The Hall–Kier alpha value is -2.02. The SMILES string of the molecule is Cc1ccccc1OCc1nc(SCC(=O)N[C@H]2CCCC[C@H]2C)n[nH]1. The summed E-state index contributed by atoms with van der Waals surface area (Å²) in [4.78, 5) is 16.5. The lowest BCUT2D eigenvalue weighted by Gasteiger charge is -2.29. The molecule has 2 N–H and O–H groups in total. The first-order valence-corrected chi connectivity index (χ1v) is 10.1. The highest BCUT2D eigenvalue weighted by molar-refractivity contribution is 7.99. The lowest BCUT2D eigenvalue weighted by molar-refractivity contribution is -0.119. The standard InChI is InChI=1S/C19H26N4O2S/c1-13-7-3-5-9-15(13)20-18(24)12-26-19-21-17(22-23-19)11-25-16-10-6-4-8-14(16)2/h4,6,8,10,13,15H,3,5,7,9,11-12H2,1-2H3,(H,20,24)(H,21,22,23)/t13-,15+/m1/s1. The number of amides is 1. The molecule has 1 fully saturated rings. The summed E-state index contributed by atoms with van der Waals surface area (Å²) in [5.41, 5.74) is 1.08. The third kappa shape index (κ3) is 5.24. The molecule has 26 heavy (non-hydrogen) atoms. The fourth-order valence-corrected chi connectivity index (χ4v) is 3.81. The number of rotatable bonds is 7. The average molecular weight is 375 g/mol. The van der Waals surface area contributed by atoms with Crippen LogP contribution in [0.4, 0.5) is 0 Å². The van der Waals surface area contributed by atoms with Gasteiger partial charge in [0.2, 0.25) is 11.1 Å². The number of aromatic nitrogens is 3. The highest BCUT2D eigenvalue weighted by atomic mass is 32.2. The molecule has 0 bridgehead atoms. The van der Waals surface area contributed by atoms with Crippen LogP contribution in [-0.2, 0) is 11.4 Å². The van der Waals surface area contributed by atoms with Crippen LogP contribution >= 0.6 is 11.8 Å². The monoisotopic (exact) mass is 374 g/mol. The van der Waals surface area contributed by atoms with Crippen LogP contribution in [0.1, 0.15) is 44.0 Å². The predicted octanol–water partition coefficient (Wildman–Crippen LogP) is 3.48. The summed E-state index contributed by atoms with van der Waals surface area (Å²) in [6.45, 7) is 4.54. The van der Waals surface area contributed by atoms with E-state index in [4.69, 9.17) is 4.74 Å². The van der Waals surface area contributed by atoms with E-state index in [1.807, 2.05) is 31.2 Å². The number of H-pyrrole nitrogens is 1. The number of aryl methyl sites for hydroxylation is 1. The van der Waals surface area contributed by atoms with Crippen molar-refractivity contribution in [2.45, 2.75) is 57.3 Å². The quantitative estimate of drug-likeness (QED) is 0.725. The van der Waals surface area contributed by atoms with Gasteiger partial charge in [0.05, 0.1) is 5.75 Å². The van der Waals surface area contributed by atoms with Crippen molar-refractivity contribution in [2.75, 3.05) is 5.75 Å². The number of nitrogens with zero attached hydrogens (tertiary/aromatic N) is 2. The fraction of sp³-hybridized carbons (Fsp3) is 0.526. The lowest BCUT2D eigenvalue weighted by Crippen LogP contribution is -2.41. The van der Waals surface area contributed by atoms with Crippen LogP contribution in [0.15, 0.2) is 29.4 Å². The fourth-order valence-electron chi connectivity index (χ4n) is 3.18. The van der Waals surface area contributed by atoms with Gasteiger partial charge in [-0.05, 0) is 37.3 Å². The predicted molar refractivity (Wildman–Crippen MR) is 102 cm³/mol. The summed E-state index contributed by atoms with van der Waals surface area (Å²) < 4.78 is 5.75. The van der Waals surface area contributed by atoms with Crippen LogP contribution < -0.4 is 10.1 Å². The number of carbonyl (C=O) groups is 1. The number of benzene rings is 1. The van der Waals surface area contributed by atoms with Gasteiger partial charge < -0.3 is 10.1 Å². The number of aromatic amines is 1. The number of para-hydroxylation sites is 1. The van der Waals surface area contributed by atoms with E-state index in [9.17, 15) is 4.79 Å². The van der Waals surface area contributed by atoms with E-state index in [-0.39, 0.29) is 5.91 Å². The van der Waals surface area contributed by atoms with Crippen molar-refractivity contribution in [1.29, 1.82) is 0 Å². The van der Waals surface area contributed by atoms with Gasteiger partial charge in [0.15, 0.2) is 5.82 Å². The molecule has 1 saturated carbocycles. The van der Waals surface area contributed by atoms with E-state index < -0.39 is 0 Å². The van der Waals surface area contributed by atoms with Crippen molar-refractivity contribution in [3.05, 3.63) is 35.7 Å². The molecule has 0 unspecified atom stereocenters. The molecule has 1 aliphatic carbocycles. The maximum Gasteiger partial charge on any atom is 0.230 e. The van der Waals surface area contributed by atoms with Gasteiger partial charge in [-0.25, -0.2) is 4.98 Å². The molecular weight excluding hydrogens is 348 g/mol. The Morgan fingerprint density at radius 1 is 1.35 bits per heavy atom. The van der Waals surface area contributed by atoms with E-state index in [2.05, 4.69) is 27.4 Å². The first-order chi connectivity index (χ1) is 12.6. The molecule has 0 aliphatic heterocycles. The summed E-state index contributed by atoms with van der Waals surface area (Å²) in [6.07, 6.45) is 4.75. The van der Waals surface area contributed by atoms with Crippen molar-refractivity contribution in [3.8, 4) is 5.75 Å². The van der Waals surface area contributed by atoms with Crippen LogP contribution in [0.2, 0.25) is 0 Å². The van der Waals surface area contributed by atoms with Gasteiger partial charge >= 0.3 is 0 Å². The molecule has 0 radical (unpaired) electrons. The maximum absolute atomic E-state index is 12.2. The van der Waals surface area contributed by atoms with Gasteiger partial charge in [-0.2, -0.15) is 0 Å². The second kappa shape index (κ2) is 9.07. The van der Waals surface area contributed by atoms with Crippen molar-refractivity contribution in [2.24, 2.45) is 5.92 Å². The summed E-state index contributed by atoms with van der Waals surface area (Å²) in [7, 11) is 0. The highest BCUT2D eigenvalue weighted by Crippen LogP contribution is 2.24. The normalized spacial score (nSPS) is 19.9. The lowest BCUT2D eigenvalue weighted by atomic mass is 9.86. The molecule has 3 rings (SSSR count). The zero-order valence-electron chi connectivity index (χ0n) is 15.3. The van der Waals surface area contributed by atoms with Gasteiger partial charge in [0.1, 0.15) is 12.4 Å². The highest BCUT2D eigenvalue weighted by Gasteiger charge is 2.22. The Balaban J connectivity index is 1.43. The summed E-state index contributed by atoms with van der Waals surface area (Å²) in [5, 5.41) is 10.7. The molecule has 1 aliphatic rings. The van der Waals surface area contributed by atoms with Gasteiger partial charge in [-0.3, -0.25) is 9.89 Å². The van der Waals surface area contributed by atoms with E-state index >= 15 is 0 Å². The van der Waals surface area contributed by atoms with Crippen LogP contribution in [-0.4, -0.2) is 32.9 Å². The molecule has 1 aromatic carbocycles. The Kier molecular flexibility index (Phi) is 6.55. The Morgan fingerprint density at radius 2 is 2.15 bits per heavy atom. The third-order valence-corrected chi connectivity index (χ3v) is 5.61. The number of hydrogen-bond donors (Lipinski definition) is 2. The molecule has 0 saturated heterocycles. The minimum Gasteiger partial charge on any atom is -0.485 e. The number of thioether (sulfide) groups is 1. The topological polar surface area (TPSA) is 79.9 Å². The zero-order chi connectivity index (χ0) is 18.4. The number of ether oxygens (including phenoxy) is 1. The van der Waals surface area contributed by atoms with E-state index in [1.54, 1.807) is 0 Å². The minimum absolute atomic E-state index is 0.0521. The van der Waals surface area contributed by atoms with Crippen molar-refractivity contribution in [1.82, 2.24) is 20.5 Å². The maximum atomic E-state index is 12.2. The van der Waals surface area contributed by atoms with E-state index in [0.29, 0.717) is 35.3 Å². The Morgan fingerprint density at radius 3 is 2.96 bits per heavy atom. The van der Waals surface area contributed by atoms with E-state index in [1.165, 1.54) is 31.0 Å². The molecule has 1 amide bonds. The van der Waals surface area contributed by atoms with Crippen LogP contribution in [0, 0.1) is 12.8 Å². The zero-order valence-corrected chi connectivity index (χ0v) is 16.1. The van der Waals surface area contributed by atoms with Crippen LogP contribution in [0.5, 0.6) is 5.75 Å². The van der Waals surface area contributed by atoms with Crippen molar-refractivity contribution in [3.63, 3.8) is 0 Å². The molecule has 1 heterocycles. The first kappa shape index (κ1) is 18.8. The second-order valence-electron chi connectivity index (χ2n) is 6.84. The van der Waals surface area contributed by atoms with Gasteiger partial charge in [-0.1, -0.05) is 49.7 Å². The van der Waals surface area contributed by atoms with E-state index in [0.717, 1.165) is 17.7 Å². The number of nitrogens with one attached hydrogen (secondary N) is 2. The van der Waals surface area contributed by atoms with Crippen LogP contribution in [0.25, 0.3) is 0 Å². The largest absolute Gasteiger partial charge is 0.485 e. The van der Waals surface area contributed by atoms with Gasteiger partial charge in [0.25, 0.3) is 0 Å². The second-order valence-corrected chi connectivity index (χ2v) is 7.79. The summed E-state index contributed by atoms with van der Waals surface area (Å²) in [6, 6.07) is 8.16. The number of hydrogen-bond acceptors (Lipinski definition) is 5. The molecular formula is C19H26N4O2S. The summed E-state index contributed by atoms with van der Waals surface area (Å²) >= 11 is 1.34. The molecule has 1 aromatic heterocycles. The number of carbonyl (C=O) groups excluding carboxylic acids is 1. The van der Waals surface area contributed by atoms with Gasteiger partial charge in [-0.15, -0.1) is 5.10 Å². The molecule has 140 valence electrons. The van der Waals surface area contributed by atoms with Crippen molar-refractivity contribution >= 4 is 17.7 Å².